The summed E-state index contributed by atoms with van der Waals surface area (Å²) in [6.45, 7) is 11.5. The highest BCUT2D eigenvalue weighted by Crippen LogP contribution is 2.46. The number of aromatic nitrogens is 1. The van der Waals surface area contributed by atoms with E-state index in [-0.39, 0.29) is 23.3 Å². The van der Waals surface area contributed by atoms with Crippen LogP contribution >= 0.6 is 0 Å². The molecule has 2 aromatic carbocycles. The van der Waals surface area contributed by atoms with Crippen LogP contribution in [0.15, 0.2) is 60.8 Å². The molecule has 0 atom stereocenters. The fourth-order valence-corrected chi connectivity index (χ4v) is 5.32. The molecule has 0 unspecified atom stereocenters. The zero-order valence-corrected chi connectivity index (χ0v) is 24.0. The lowest BCUT2D eigenvalue weighted by Crippen LogP contribution is -2.34. The number of nitrogens with zero attached hydrogens (tertiary/aromatic N) is 1. The minimum Gasteiger partial charge on any atom is -0.457 e. The number of hydrogen-bond acceptors (Lipinski definition) is 5. The van der Waals surface area contributed by atoms with E-state index in [2.05, 4.69) is 51.7 Å². The molecule has 0 N–H and O–H groups in total. The van der Waals surface area contributed by atoms with Crippen molar-refractivity contribution in [2.24, 2.45) is 0 Å². The molecule has 0 amide bonds. The standard InChI is InChI=1S/C34H41NO4/c1-6-7-8-12-15-25-20-28-29(34(4,5)19-18-33(28,2)3)21-27(25)32(37)39-30-17-16-26(22-35-30)31(36)38-23-24-13-10-9-11-14-24/h9-11,13-14,16-17,20-22H,6-8,12,15,18-19,23H2,1-5H3. The Labute approximate surface area is 233 Å². The third-order valence-electron chi connectivity index (χ3n) is 7.98. The van der Waals surface area contributed by atoms with Gasteiger partial charge in [-0.15, -0.1) is 0 Å². The molecule has 1 heterocycles. The van der Waals surface area contributed by atoms with Gasteiger partial charge < -0.3 is 9.47 Å². The van der Waals surface area contributed by atoms with Crippen molar-refractivity contribution < 1.29 is 19.1 Å². The van der Waals surface area contributed by atoms with Crippen LogP contribution in [0.25, 0.3) is 0 Å². The van der Waals surface area contributed by atoms with Crippen molar-refractivity contribution in [3.8, 4) is 5.88 Å². The first-order valence-corrected chi connectivity index (χ1v) is 14.2. The van der Waals surface area contributed by atoms with Crippen molar-refractivity contribution in [1.82, 2.24) is 4.98 Å². The highest BCUT2D eigenvalue weighted by atomic mass is 16.5. The van der Waals surface area contributed by atoms with E-state index in [1.807, 2.05) is 30.3 Å². The molecule has 0 radical (unpaired) electrons. The summed E-state index contributed by atoms with van der Waals surface area (Å²) >= 11 is 0. The first-order valence-electron chi connectivity index (χ1n) is 14.2. The SMILES string of the molecule is CCCCCCc1cc2c(cc1C(=O)Oc1ccc(C(=O)OCc3ccccc3)cn1)C(C)(C)CCC2(C)C. The lowest BCUT2D eigenvalue weighted by atomic mass is 9.62. The van der Waals surface area contributed by atoms with Crippen molar-refractivity contribution >= 4 is 11.9 Å². The summed E-state index contributed by atoms with van der Waals surface area (Å²) < 4.78 is 11.1. The molecule has 4 rings (SSSR count). The molecule has 0 spiro atoms. The zero-order valence-electron chi connectivity index (χ0n) is 24.0. The Morgan fingerprint density at radius 3 is 2.18 bits per heavy atom. The Bertz CT molecular complexity index is 1290. The van der Waals surface area contributed by atoms with Crippen molar-refractivity contribution in [1.29, 1.82) is 0 Å². The van der Waals surface area contributed by atoms with E-state index >= 15 is 0 Å². The maximum absolute atomic E-state index is 13.5. The fraction of sp³-hybridized carbons (Fsp3) is 0.441. The zero-order chi connectivity index (χ0) is 28.0. The molecule has 0 fully saturated rings. The van der Waals surface area contributed by atoms with E-state index in [1.165, 1.54) is 30.2 Å². The maximum atomic E-state index is 13.5. The second kappa shape index (κ2) is 12.1. The lowest BCUT2D eigenvalue weighted by Gasteiger charge is -2.42. The summed E-state index contributed by atoms with van der Waals surface area (Å²) in [4.78, 5) is 30.2. The van der Waals surface area contributed by atoms with Gasteiger partial charge in [0.2, 0.25) is 5.88 Å². The molecule has 1 aliphatic carbocycles. The number of pyridine rings is 1. The molecule has 39 heavy (non-hydrogen) atoms. The molecule has 0 aliphatic heterocycles. The Morgan fingerprint density at radius 1 is 0.846 bits per heavy atom. The van der Waals surface area contributed by atoms with E-state index in [1.54, 1.807) is 12.1 Å². The van der Waals surface area contributed by atoms with E-state index in [4.69, 9.17) is 9.47 Å². The van der Waals surface area contributed by atoms with Crippen molar-refractivity contribution in [3.05, 3.63) is 94.2 Å². The molecule has 1 aromatic heterocycles. The highest BCUT2D eigenvalue weighted by Gasteiger charge is 2.38. The van der Waals surface area contributed by atoms with Gasteiger partial charge in [0, 0.05) is 12.3 Å². The van der Waals surface area contributed by atoms with Crippen molar-refractivity contribution in [3.63, 3.8) is 0 Å². The average Bonchev–Trinajstić information content (AvgIpc) is 2.93. The van der Waals surface area contributed by atoms with Crippen LogP contribution in [0.4, 0.5) is 0 Å². The van der Waals surface area contributed by atoms with Gasteiger partial charge in [0.05, 0.1) is 11.1 Å². The van der Waals surface area contributed by atoms with Crippen LogP contribution in [0.5, 0.6) is 5.88 Å². The molecule has 1 aliphatic rings. The number of ether oxygens (including phenoxy) is 2. The number of aryl methyl sites for hydroxylation is 1. The van der Waals surface area contributed by atoms with Crippen molar-refractivity contribution in [2.75, 3.05) is 0 Å². The number of carbonyl (C=O) groups excluding carboxylic acids is 2. The molecular weight excluding hydrogens is 486 g/mol. The van der Waals surface area contributed by atoms with Gasteiger partial charge >= 0.3 is 11.9 Å². The van der Waals surface area contributed by atoms with E-state index in [0.29, 0.717) is 11.1 Å². The Balaban J connectivity index is 1.53. The van der Waals surface area contributed by atoms with Crippen LogP contribution in [0, 0.1) is 0 Å². The third kappa shape index (κ3) is 6.95. The predicted molar refractivity (Wildman–Crippen MR) is 154 cm³/mol. The Hall–Kier alpha value is -3.47. The van der Waals surface area contributed by atoms with Crippen molar-refractivity contribution in [2.45, 2.75) is 97.0 Å². The summed E-state index contributed by atoms with van der Waals surface area (Å²) in [6.07, 6.45) is 8.95. The summed E-state index contributed by atoms with van der Waals surface area (Å²) in [6, 6.07) is 17.0. The van der Waals surface area contributed by atoms with E-state index in [0.717, 1.165) is 43.2 Å². The number of benzene rings is 2. The number of fused-ring (bicyclic) bond motifs is 1. The maximum Gasteiger partial charge on any atom is 0.345 e. The van der Waals surface area contributed by atoms with Crippen LogP contribution < -0.4 is 4.74 Å². The third-order valence-corrected chi connectivity index (χ3v) is 7.98. The quantitative estimate of drug-likeness (QED) is 0.197. The predicted octanol–water partition coefficient (Wildman–Crippen LogP) is 8.13. The first kappa shape index (κ1) is 28.5. The summed E-state index contributed by atoms with van der Waals surface area (Å²) in [5.41, 5.74) is 5.50. The number of unbranched alkanes of at least 4 members (excludes halogenated alkanes) is 3. The summed E-state index contributed by atoms with van der Waals surface area (Å²) in [5.74, 6) is -0.721. The van der Waals surface area contributed by atoms with Gasteiger partial charge in [-0.1, -0.05) is 90.3 Å². The second-order valence-corrected chi connectivity index (χ2v) is 12.0. The second-order valence-electron chi connectivity index (χ2n) is 12.0. The van der Waals surface area contributed by atoms with Gasteiger partial charge in [-0.25, -0.2) is 14.6 Å². The van der Waals surface area contributed by atoms with Gasteiger partial charge in [0.1, 0.15) is 6.61 Å². The number of carbonyl (C=O) groups is 2. The van der Waals surface area contributed by atoms with Crippen LogP contribution in [0.3, 0.4) is 0 Å². The molecule has 3 aromatic rings. The number of hydrogen-bond donors (Lipinski definition) is 0. The van der Waals surface area contributed by atoms with Crippen LogP contribution in [0.1, 0.15) is 116 Å². The van der Waals surface area contributed by atoms with Gasteiger partial charge in [0.15, 0.2) is 0 Å². The van der Waals surface area contributed by atoms with E-state index in [9.17, 15) is 9.59 Å². The van der Waals surface area contributed by atoms with Gasteiger partial charge in [0.25, 0.3) is 0 Å². The molecule has 206 valence electrons. The smallest absolute Gasteiger partial charge is 0.345 e. The number of rotatable bonds is 10. The highest BCUT2D eigenvalue weighted by molar-refractivity contribution is 5.93. The Kier molecular flexibility index (Phi) is 8.89. The van der Waals surface area contributed by atoms with Crippen LogP contribution in [-0.2, 0) is 28.6 Å². The normalized spacial score (nSPS) is 15.3. The largest absolute Gasteiger partial charge is 0.457 e. The topological polar surface area (TPSA) is 65.5 Å². The lowest BCUT2D eigenvalue weighted by molar-refractivity contribution is 0.0472. The monoisotopic (exact) mass is 527 g/mol. The minimum absolute atomic E-state index is 0.0133. The van der Waals surface area contributed by atoms with Crippen LogP contribution in [0.2, 0.25) is 0 Å². The molecular formula is C34H41NO4. The first-order chi connectivity index (χ1) is 18.6. The molecule has 0 saturated heterocycles. The Morgan fingerprint density at radius 2 is 1.54 bits per heavy atom. The number of esters is 2. The summed E-state index contributed by atoms with van der Waals surface area (Å²) in [5, 5.41) is 0. The van der Waals surface area contributed by atoms with Gasteiger partial charge in [-0.2, -0.15) is 0 Å². The molecule has 5 nitrogen and oxygen atoms in total. The van der Waals surface area contributed by atoms with Gasteiger partial charge in [-0.3, -0.25) is 0 Å². The minimum atomic E-state index is -0.474. The van der Waals surface area contributed by atoms with E-state index < -0.39 is 11.9 Å². The average molecular weight is 528 g/mol. The molecule has 5 heteroatoms. The van der Waals surface area contributed by atoms with Crippen LogP contribution in [-0.4, -0.2) is 16.9 Å². The molecule has 0 bridgehead atoms. The molecule has 0 saturated carbocycles. The van der Waals surface area contributed by atoms with Gasteiger partial charge in [-0.05, 0) is 70.9 Å². The fourth-order valence-electron chi connectivity index (χ4n) is 5.32. The summed E-state index contributed by atoms with van der Waals surface area (Å²) in [7, 11) is 0.